The topological polar surface area (TPSA) is 83.4 Å². The molecule has 1 heterocycles. The number of amides is 2. The van der Waals surface area contributed by atoms with E-state index in [0.29, 0.717) is 30.0 Å². The molecule has 150 valence electrons. The molecule has 7 heteroatoms. The molecule has 0 aliphatic rings. The monoisotopic (exact) mass is 395 g/mol. The van der Waals surface area contributed by atoms with E-state index in [2.05, 4.69) is 16.0 Å². The standard InChI is InChI=1S/C22H22FN3O3/c23-17-9-7-16(8-10-17)11-12-24-21(27)15-25-20-6-2-1-5-19(20)22(28)26-14-18-4-3-13-29-18/h1-10,13,25H,11-12,14-15H2,(H,24,27)(H,26,28). The number of hydrogen-bond acceptors (Lipinski definition) is 4. The molecule has 0 atom stereocenters. The lowest BCUT2D eigenvalue weighted by Crippen LogP contribution is -2.32. The molecule has 0 aliphatic carbocycles. The Morgan fingerprint density at radius 1 is 0.931 bits per heavy atom. The van der Waals surface area contributed by atoms with Gasteiger partial charge in [0.05, 0.1) is 24.9 Å². The number of para-hydroxylation sites is 1. The summed E-state index contributed by atoms with van der Waals surface area (Å²) >= 11 is 0. The molecule has 3 N–H and O–H groups in total. The van der Waals surface area contributed by atoms with Crippen LogP contribution in [0.25, 0.3) is 0 Å². The van der Waals surface area contributed by atoms with Crippen LogP contribution in [0.1, 0.15) is 21.7 Å². The minimum Gasteiger partial charge on any atom is -0.467 e. The fourth-order valence-corrected chi connectivity index (χ4v) is 2.75. The van der Waals surface area contributed by atoms with E-state index >= 15 is 0 Å². The highest BCUT2D eigenvalue weighted by molar-refractivity contribution is 6.00. The summed E-state index contributed by atoms with van der Waals surface area (Å²) < 4.78 is 18.1. The van der Waals surface area contributed by atoms with E-state index < -0.39 is 0 Å². The Hall–Kier alpha value is -3.61. The van der Waals surface area contributed by atoms with Gasteiger partial charge in [0.25, 0.3) is 5.91 Å². The molecule has 0 saturated carbocycles. The van der Waals surface area contributed by atoms with Crippen molar-refractivity contribution in [3.8, 4) is 0 Å². The van der Waals surface area contributed by atoms with E-state index in [4.69, 9.17) is 4.42 Å². The lowest BCUT2D eigenvalue weighted by molar-refractivity contribution is -0.119. The number of benzene rings is 2. The third-order valence-electron chi connectivity index (χ3n) is 4.26. The summed E-state index contributed by atoms with van der Waals surface area (Å²) in [6.45, 7) is 0.757. The van der Waals surface area contributed by atoms with Gasteiger partial charge in [-0.1, -0.05) is 24.3 Å². The van der Waals surface area contributed by atoms with Crippen LogP contribution in [0.2, 0.25) is 0 Å². The molecule has 2 aromatic carbocycles. The Balaban J connectivity index is 1.46. The molecule has 3 aromatic rings. The smallest absolute Gasteiger partial charge is 0.253 e. The molecule has 6 nitrogen and oxygen atoms in total. The average Bonchev–Trinajstić information content (AvgIpc) is 3.26. The van der Waals surface area contributed by atoms with E-state index in [9.17, 15) is 14.0 Å². The van der Waals surface area contributed by atoms with Gasteiger partial charge in [-0.2, -0.15) is 0 Å². The highest BCUT2D eigenvalue weighted by Crippen LogP contribution is 2.15. The van der Waals surface area contributed by atoms with Crippen LogP contribution < -0.4 is 16.0 Å². The molecule has 0 spiro atoms. The van der Waals surface area contributed by atoms with Crippen LogP contribution in [0.3, 0.4) is 0 Å². The van der Waals surface area contributed by atoms with Crippen LogP contribution in [0.5, 0.6) is 0 Å². The quantitative estimate of drug-likeness (QED) is 0.520. The van der Waals surface area contributed by atoms with Crippen molar-refractivity contribution in [1.82, 2.24) is 10.6 Å². The summed E-state index contributed by atoms with van der Waals surface area (Å²) in [6, 6.07) is 16.7. The fraction of sp³-hybridized carbons (Fsp3) is 0.182. The van der Waals surface area contributed by atoms with Gasteiger partial charge in [0.2, 0.25) is 5.91 Å². The number of nitrogens with one attached hydrogen (secondary N) is 3. The largest absolute Gasteiger partial charge is 0.467 e. The van der Waals surface area contributed by atoms with Crippen LogP contribution in [0.15, 0.2) is 71.3 Å². The zero-order valence-corrected chi connectivity index (χ0v) is 15.8. The molecular formula is C22H22FN3O3. The highest BCUT2D eigenvalue weighted by atomic mass is 19.1. The summed E-state index contributed by atoms with van der Waals surface area (Å²) in [7, 11) is 0. The lowest BCUT2D eigenvalue weighted by Gasteiger charge is -2.12. The van der Waals surface area contributed by atoms with E-state index in [-0.39, 0.29) is 30.7 Å². The van der Waals surface area contributed by atoms with Crippen molar-refractivity contribution >= 4 is 17.5 Å². The van der Waals surface area contributed by atoms with Gasteiger partial charge in [0.1, 0.15) is 11.6 Å². The SMILES string of the molecule is O=C(CNc1ccccc1C(=O)NCc1ccco1)NCCc1ccc(F)cc1. The molecule has 0 saturated heterocycles. The molecule has 3 rings (SSSR count). The van der Waals surface area contributed by atoms with Crippen molar-refractivity contribution in [3.05, 3.63) is 89.6 Å². The minimum atomic E-state index is -0.283. The number of anilines is 1. The van der Waals surface area contributed by atoms with Crippen molar-refractivity contribution in [3.63, 3.8) is 0 Å². The number of hydrogen-bond donors (Lipinski definition) is 3. The van der Waals surface area contributed by atoms with Gasteiger partial charge in [0.15, 0.2) is 0 Å². The predicted molar refractivity (Wildman–Crippen MR) is 108 cm³/mol. The molecule has 0 bridgehead atoms. The van der Waals surface area contributed by atoms with Gasteiger partial charge in [-0.3, -0.25) is 9.59 Å². The third-order valence-corrected chi connectivity index (χ3v) is 4.26. The summed E-state index contributed by atoms with van der Waals surface area (Å²) in [4.78, 5) is 24.5. The second-order valence-corrected chi connectivity index (χ2v) is 6.39. The van der Waals surface area contributed by atoms with Crippen molar-refractivity contribution < 1.29 is 18.4 Å². The maximum atomic E-state index is 12.9. The number of furan rings is 1. The first-order valence-corrected chi connectivity index (χ1v) is 9.26. The number of halogens is 1. The summed E-state index contributed by atoms with van der Waals surface area (Å²) in [6.07, 6.45) is 2.16. The zero-order chi connectivity index (χ0) is 20.5. The van der Waals surface area contributed by atoms with Gasteiger partial charge in [-0.15, -0.1) is 0 Å². The molecule has 0 radical (unpaired) electrons. The average molecular weight is 395 g/mol. The van der Waals surface area contributed by atoms with Gasteiger partial charge in [-0.25, -0.2) is 4.39 Å². The zero-order valence-electron chi connectivity index (χ0n) is 15.8. The summed E-state index contributed by atoms with van der Waals surface area (Å²) in [5.74, 6) is -0.0858. The molecule has 0 fully saturated rings. The number of carbonyl (C=O) groups is 2. The molecule has 0 unspecified atom stereocenters. The molecule has 0 aliphatic heterocycles. The van der Waals surface area contributed by atoms with Crippen LogP contribution in [-0.4, -0.2) is 24.9 Å². The second kappa shape index (κ2) is 10.1. The van der Waals surface area contributed by atoms with E-state index in [1.165, 1.54) is 12.1 Å². The third kappa shape index (κ3) is 6.21. The van der Waals surface area contributed by atoms with Gasteiger partial charge in [0, 0.05) is 12.2 Å². The summed E-state index contributed by atoms with van der Waals surface area (Å²) in [5.41, 5.74) is 1.95. The van der Waals surface area contributed by atoms with Gasteiger partial charge < -0.3 is 20.4 Å². The Labute approximate surface area is 168 Å². The van der Waals surface area contributed by atoms with Crippen molar-refractivity contribution in [1.29, 1.82) is 0 Å². The van der Waals surface area contributed by atoms with E-state index in [1.807, 2.05) is 0 Å². The summed E-state index contributed by atoms with van der Waals surface area (Å²) in [5, 5.41) is 8.58. The van der Waals surface area contributed by atoms with E-state index in [0.717, 1.165) is 5.56 Å². The molecule has 2 amide bonds. The molecular weight excluding hydrogens is 373 g/mol. The predicted octanol–water partition coefficient (Wildman–Crippen LogP) is 3.12. The Kier molecular flexibility index (Phi) is 7.00. The Morgan fingerprint density at radius 3 is 2.48 bits per heavy atom. The fourth-order valence-electron chi connectivity index (χ4n) is 2.75. The highest BCUT2D eigenvalue weighted by Gasteiger charge is 2.12. The number of carbonyl (C=O) groups excluding carboxylic acids is 2. The van der Waals surface area contributed by atoms with E-state index in [1.54, 1.807) is 54.8 Å². The number of rotatable bonds is 9. The maximum absolute atomic E-state index is 12.9. The maximum Gasteiger partial charge on any atom is 0.253 e. The molecule has 29 heavy (non-hydrogen) atoms. The van der Waals surface area contributed by atoms with Crippen LogP contribution in [0, 0.1) is 5.82 Å². The van der Waals surface area contributed by atoms with Gasteiger partial charge in [-0.05, 0) is 48.4 Å². The van der Waals surface area contributed by atoms with Crippen molar-refractivity contribution in [2.24, 2.45) is 0 Å². The first-order valence-electron chi connectivity index (χ1n) is 9.26. The first kappa shape index (κ1) is 20.1. The second-order valence-electron chi connectivity index (χ2n) is 6.39. The van der Waals surface area contributed by atoms with Crippen molar-refractivity contribution in [2.75, 3.05) is 18.4 Å². The van der Waals surface area contributed by atoms with Gasteiger partial charge >= 0.3 is 0 Å². The van der Waals surface area contributed by atoms with Crippen LogP contribution >= 0.6 is 0 Å². The normalized spacial score (nSPS) is 10.4. The Morgan fingerprint density at radius 2 is 1.72 bits per heavy atom. The van der Waals surface area contributed by atoms with Crippen LogP contribution in [0.4, 0.5) is 10.1 Å². The first-order chi connectivity index (χ1) is 14.1. The molecule has 1 aromatic heterocycles. The minimum absolute atomic E-state index is 0.0336. The Bertz CT molecular complexity index is 940. The van der Waals surface area contributed by atoms with Crippen LogP contribution in [-0.2, 0) is 17.8 Å². The van der Waals surface area contributed by atoms with Crippen molar-refractivity contribution in [2.45, 2.75) is 13.0 Å². The lowest BCUT2D eigenvalue weighted by atomic mass is 10.1.